The van der Waals surface area contributed by atoms with Crippen LogP contribution in [0.2, 0.25) is 4.34 Å². The van der Waals surface area contributed by atoms with E-state index in [1.54, 1.807) is 11.3 Å². The number of hydrogen-bond donors (Lipinski definition) is 1. The molecule has 0 spiro atoms. The van der Waals surface area contributed by atoms with Crippen LogP contribution in [0.3, 0.4) is 0 Å². The van der Waals surface area contributed by atoms with Gasteiger partial charge in [-0.05, 0) is 36.9 Å². The highest BCUT2D eigenvalue weighted by atomic mass is 35.5. The van der Waals surface area contributed by atoms with Crippen molar-refractivity contribution in [2.75, 3.05) is 13.6 Å². The molecule has 15 heavy (non-hydrogen) atoms. The normalized spacial score (nSPS) is 15.6. The van der Waals surface area contributed by atoms with Crippen molar-refractivity contribution in [1.82, 2.24) is 5.32 Å². The zero-order chi connectivity index (χ0) is 11.5. The maximum absolute atomic E-state index is 5.95. The highest BCUT2D eigenvalue weighted by molar-refractivity contribution is 7.16. The van der Waals surface area contributed by atoms with Crippen LogP contribution in [0.5, 0.6) is 0 Å². The molecule has 0 aliphatic rings. The number of nitrogens with one attached hydrogen (secondary N) is 1. The molecule has 0 fully saturated rings. The molecule has 1 aromatic rings. The summed E-state index contributed by atoms with van der Waals surface area (Å²) >= 11 is 7.64. The molecule has 1 nitrogen and oxygen atoms in total. The van der Waals surface area contributed by atoms with E-state index in [0.717, 1.165) is 17.3 Å². The molecule has 0 aliphatic carbocycles. The van der Waals surface area contributed by atoms with Crippen molar-refractivity contribution in [2.45, 2.75) is 27.2 Å². The van der Waals surface area contributed by atoms with Crippen LogP contribution in [-0.4, -0.2) is 13.6 Å². The summed E-state index contributed by atoms with van der Waals surface area (Å²) in [7, 11) is 2.02. The fourth-order valence-corrected chi connectivity index (χ4v) is 3.00. The van der Waals surface area contributed by atoms with Crippen molar-refractivity contribution in [2.24, 2.45) is 11.3 Å². The van der Waals surface area contributed by atoms with Gasteiger partial charge in [0, 0.05) is 11.4 Å². The zero-order valence-corrected chi connectivity index (χ0v) is 11.5. The molecule has 1 aromatic heterocycles. The predicted octanol–water partition coefficient (Wildman–Crippen LogP) is 3.83. The molecule has 0 amide bonds. The Morgan fingerprint density at radius 1 is 1.47 bits per heavy atom. The summed E-state index contributed by atoms with van der Waals surface area (Å²) in [5, 5.41) is 3.29. The second-order valence-electron chi connectivity index (χ2n) is 4.72. The fourth-order valence-electron chi connectivity index (χ4n) is 1.72. The van der Waals surface area contributed by atoms with E-state index in [0.29, 0.717) is 11.3 Å². The minimum absolute atomic E-state index is 0.308. The summed E-state index contributed by atoms with van der Waals surface area (Å²) < 4.78 is 0.889. The minimum Gasteiger partial charge on any atom is -0.319 e. The Hall–Kier alpha value is -0.0500. The summed E-state index contributed by atoms with van der Waals surface area (Å²) in [6.45, 7) is 7.95. The Balaban J connectivity index is 2.74. The topological polar surface area (TPSA) is 12.0 Å². The molecule has 0 saturated heterocycles. The average Bonchev–Trinajstić information content (AvgIpc) is 2.51. The molecule has 0 saturated carbocycles. The van der Waals surface area contributed by atoms with Crippen LogP contribution in [0.4, 0.5) is 0 Å². The minimum atomic E-state index is 0.308. The third-order valence-corrected chi connectivity index (χ3v) is 4.41. The first kappa shape index (κ1) is 13.0. The van der Waals surface area contributed by atoms with Gasteiger partial charge in [0.1, 0.15) is 0 Å². The largest absolute Gasteiger partial charge is 0.319 e. The molecular weight excluding hydrogens is 226 g/mol. The summed E-state index contributed by atoms with van der Waals surface area (Å²) in [6.07, 6.45) is 1.10. The van der Waals surface area contributed by atoms with E-state index in [2.05, 4.69) is 32.2 Å². The summed E-state index contributed by atoms with van der Waals surface area (Å²) in [5.41, 5.74) is 0.308. The molecular formula is C12H20ClNS. The zero-order valence-electron chi connectivity index (χ0n) is 9.93. The molecule has 1 atom stereocenters. The standard InChI is InChI=1S/C12H20ClNS/c1-9(2)12(3,8-14-4)7-10-5-6-11(13)15-10/h5-6,9,14H,7-8H2,1-4H3. The first-order valence-corrected chi connectivity index (χ1v) is 6.56. The van der Waals surface area contributed by atoms with E-state index >= 15 is 0 Å². The van der Waals surface area contributed by atoms with Crippen LogP contribution in [0.1, 0.15) is 25.6 Å². The van der Waals surface area contributed by atoms with E-state index in [-0.39, 0.29) is 0 Å². The molecule has 0 aliphatic heterocycles. The van der Waals surface area contributed by atoms with E-state index < -0.39 is 0 Å². The molecule has 1 heterocycles. The first-order valence-electron chi connectivity index (χ1n) is 5.37. The lowest BCUT2D eigenvalue weighted by Gasteiger charge is -2.33. The number of rotatable bonds is 5. The van der Waals surface area contributed by atoms with Gasteiger partial charge in [-0.1, -0.05) is 32.4 Å². The van der Waals surface area contributed by atoms with E-state index in [9.17, 15) is 0 Å². The molecule has 0 aromatic carbocycles. The van der Waals surface area contributed by atoms with Crippen LogP contribution in [0.15, 0.2) is 12.1 Å². The van der Waals surface area contributed by atoms with Crippen molar-refractivity contribution in [3.8, 4) is 0 Å². The van der Waals surface area contributed by atoms with Gasteiger partial charge in [-0.3, -0.25) is 0 Å². The highest BCUT2D eigenvalue weighted by Gasteiger charge is 2.28. The summed E-state index contributed by atoms with van der Waals surface area (Å²) in [6, 6.07) is 4.13. The van der Waals surface area contributed by atoms with Crippen molar-refractivity contribution in [3.05, 3.63) is 21.3 Å². The fraction of sp³-hybridized carbons (Fsp3) is 0.667. The number of hydrogen-bond acceptors (Lipinski definition) is 2. The summed E-state index contributed by atoms with van der Waals surface area (Å²) in [5.74, 6) is 0.658. The lowest BCUT2D eigenvalue weighted by molar-refractivity contribution is 0.214. The van der Waals surface area contributed by atoms with Gasteiger partial charge in [-0.25, -0.2) is 0 Å². The Labute approximate surface area is 102 Å². The Bertz CT molecular complexity index is 308. The van der Waals surface area contributed by atoms with Gasteiger partial charge in [0.05, 0.1) is 4.34 Å². The lowest BCUT2D eigenvalue weighted by Crippen LogP contribution is -2.36. The van der Waals surface area contributed by atoms with Gasteiger partial charge in [0.15, 0.2) is 0 Å². The first-order chi connectivity index (χ1) is 6.98. The molecule has 0 bridgehead atoms. The quantitative estimate of drug-likeness (QED) is 0.832. The molecule has 1 unspecified atom stereocenters. The van der Waals surface area contributed by atoms with Gasteiger partial charge in [-0.2, -0.15) is 0 Å². The molecule has 1 rings (SSSR count). The van der Waals surface area contributed by atoms with Gasteiger partial charge in [0.25, 0.3) is 0 Å². The maximum Gasteiger partial charge on any atom is 0.0931 e. The SMILES string of the molecule is CNCC(C)(Cc1ccc(Cl)s1)C(C)C. The van der Waals surface area contributed by atoms with E-state index in [1.165, 1.54) is 4.88 Å². The number of halogens is 1. The van der Waals surface area contributed by atoms with Crippen molar-refractivity contribution in [1.29, 1.82) is 0 Å². The van der Waals surface area contributed by atoms with Gasteiger partial charge in [0.2, 0.25) is 0 Å². The molecule has 0 radical (unpaired) electrons. The van der Waals surface area contributed by atoms with Crippen LogP contribution >= 0.6 is 22.9 Å². The van der Waals surface area contributed by atoms with Gasteiger partial charge in [-0.15, -0.1) is 11.3 Å². The van der Waals surface area contributed by atoms with E-state index in [1.807, 2.05) is 13.1 Å². The number of thiophene rings is 1. The van der Waals surface area contributed by atoms with Crippen molar-refractivity contribution >= 4 is 22.9 Å². The molecule has 1 N–H and O–H groups in total. The summed E-state index contributed by atoms with van der Waals surface area (Å²) in [4.78, 5) is 1.38. The van der Waals surface area contributed by atoms with Crippen LogP contribution in [0, 0.1) is 11.3 Å². The smallest absolute Gasteiger partial charge is 0.0931 e. The lowest BCUT2D eigenvalue weighted by atomic mass is 9.76. The van der Waals surface area contributed by atoms with Gasteiger partial charge >= 0.3 is 0 Å². The van der Waals surface area contributed by atoms with Crippen LogP contribution < -0.4 is 5.32 Å². The van der Waals surface area contributed by atoms with Crippen LogP contribution in [0.25, 0.3) is 0 Å². The van der Waals surface area contributed by atoms with Crippen LogP contribution in [-0.2, 0) is 6.42 Å². The molecule has 3 heteroatoms. The van der Waals surface area contributed by atoms with Crippen molar-refractivity contribution < 1.29 is 0 Å². The molecule has 86 valence electrons. The second kappa shape index (κ2) is 5.33. The Kier molecular flexibility index (Phi) is 4.63. The third kappa shape index (κ3) is 3.47. The van der Waals surface area contributed by atoms with Crippen molar-refractivity contribution in [3.63, 3.8) is 0 Å². The Morgan fingerprint density at radius 3 is 2.53 bits per heavy atom. The van der Waals surface area contributed by atoms with E-state index in [4.69, 9.17) is 11.6 Å². The average molecular weight is 246 g/mol. The predicted molar refractivity (Wildman–Crippen MR) is 69.9 cm³/mol. The Morgan fingerprint density at radius 2 is 2.13 bits per heavy atom. The second-order valence-corrected chi connectivity index (χ2v) is 6.52. The monoisotopic (exact) mass is 245 g/mol. The maximum atomic E-state index is 5.95. The van der Waals surface area contributed by atoms with Gasteiger partial charge < -0.3 is 5.32 Å². The highest BCUT2D eigenvalue weighted by Crippen LogP contribution is 2.34. The third-order valence-electron chi connectivity index (χ3n) is 3.18.